The van der Waals surface area contributed by atoms with E-state index >= 15 is 0 Å². The second kappa shape index (κ2) is 9.23. The highest BCUT2D eigenvalue weighted by Crippen LogP contribution is 2.30. The normalized spacial score (nSPS) is 16.1. The van der Waals surface area contributed by atoms with Gasteiger partial charge in [-0.25, -0.2) is 14.0 Å². The first-order chi connectivity index (χ1) is 14.0. The van der Waals surface area contributed by atoms with Crippen LogP contribution < -0.4 is 15.4 Å². The van der Waals surface area contributed by atoms with E-state index < -0.39 is 18.0 Å². The van der Waals surface area contributed by atoms with Gasteiger partial charge in [0.1, 0.15) is 18.2 Å². The number of ether oxygens (including phenoxy) is 2. The molecule has 29 heavy (non-hydrogen) atoms. The summed E-state index contributed by atoms with van der Waals surface area (Å²) in [6.07, 6.45) is 0.704. The number of allylic oxidation sites excluding steroid dienone is 1. The second-order valence-electron chi connectivity index (χ2n) is 6.69. The number of carbonyl (C=O) groups is 2. The summed E-state index contributed by atoms with van der Waals surface area (Å²) in [5.41, 5.74) is 2.33. The smallest absolute Gasteiger partial charge is 0.338 e. The highest BCUT2D eigenvalue weighted by atomic mass is 19.1. The number of urea groups is 1. The number of carbonyl (C=O) groups excluding carboxylic acids is 2. The fourth-order valence-electron chi connectivity index (χ4n) is 3.02. The van der Waals surface area contributed by atoms with Gasteiger partial charge in [-0.1, -0.05) is 31.2 Å². The van der Waals surface area contributed by atoms with E-state index in [9.17, 15) is 14.0 Å². The van der Waals surface area contributed by atoms with Crippen LogP contribution in [0.3, 0.4) is 0 Å². The van der Waals surface area contributed by atoms with Gasteiger partial charge in [0.15, 0.2) is 0 Å². The van der Waals surface area contributed by atoms with E-state index in [1.165, 1.54) is 12.1 Å². The number of hydrogen-bond acceptors (Lipinski definition) is 4. The molecule has 0 saturated carbocycles. The molecule has 2 N–H and O–H groups in total. The molecule has 2 aromatic rings. The number of rotatable bonds is 7. The zero-order valence-electron chi connectivity index (χ0n) is 16.3. The highest BCUT2D eigenvalue weighted by Gasteiger charge is 2.32. The molecule has 0 aliphatic carbocycles. The molecule has 2 aromatic carbocycles. The number of benzene rings is 2. The molecular weight excluding hydrogens is 375 g/mol. The summed E-state index contributed by atoms with van der Waals surface area (Å²) >= 11 is 0. The van der Waals surface area contributed by atoms with Crippen LogP contribution in [0.25, 0.3) is 0 Å². The van der Waals surface area contributed by atoms with Gasteiger partial charge in [0.05, 0.1) is 18.2 Å². The van der Waals surface area contributed by atoms with Gasteiger partial charge in [-0.05, 0) is 48.7 Å². The second-order valence-corrected chi connectivity index (χ2v) is 6.69. The summed E-state index contributed by atoms with van der Waals surface area (Å²) in [6, 6.07) is 12.2. The molecule has 2 amide bonds. The summed E-state index contributed by atoms with van der Waals surface area (Å²) in [5, 5.41) is 5.39. The van der Waals surface area contributed by atoms with Crippen LogP contribution in [0.2, 0.25) is 0 Å². The maximum Gasteiger partial charge on any atom is 0.338 e. The average molecular weight is 398 g/mol. The first-order valence-electron chi connectivity index (χ1n) is 9.40. The molecule has 1 heterocycles. The van der Waals surface area contributed by atoms with E-state index in [4.69, 9.17) is 9.47 Å². The van der Waals surface area contributed by atoms with Crippen molar-refractivity contribution >= 4 is 12.0 Å². The lowest BCUT2D eigenvalue weighted by Gasteiger charge is -2.28. The van der Waals surface area contributed by atoms with Gasteiger partial charge in [0.25, 0.3) is 0 Å². The van der Waals surface area contributed by atoms with Gasteiger partial charge in [0, 0.05) is 5.70 Å². The van der Waals surface area contributed by atoms with Gasteiger partial charge in [-0.2, -0.15) is 0 Å². The predicted molar refractivity (Wildman–Crippen MR) is 106 cm³/mol. The predicted octanol–water partition coefficient (Wildman–Crippen LogP) is 3.99. The molecule has 1 unspecified atom stereocenters. The molecule has 0 spiro atoms. The summed E-state index contributed by atoms with van der Waals surface area (Å²) in [5.74, 6) is -0.208. The van der Waals surface area contributed by atoms with Gasteiger partial charge >= 0.3 is 12.0 Å². The van der Waals surface area contributed by atoms with E-state index in [1.54, 1.807) is 43.3 Å². The maximum absolute atomic E-state index is 13.0. The quantitative estimate of drug-likeness (QED) is 0.692. The zero-order valence-corrected chi connectivity index (χ0v) is 16.3. The average Bonchev–Trinajstić information content (AvgIpc) is 2.71. The lowest BCUT2D eigenvalue weighted by molar-refractivity contribution is -0.139. The largest absolute Gasteiger partial charge is 0.489 e. The van der Waals surface area contributed by atoms with Crippen molar-refractivity contribution in [2.75, 3.05) is 6.61 Å². The summed E-state index contributed by atoms with van der Waals surface area (Å²) in [6.45, 7) is 4.15. The number of hydrogen-bond donors (Lipinski definition) is 2. The van der Waals surface area contributed by atoms with Gasteiger partial charge in [-0.3, -0.25) is 0 Å². The van der Waals surface area contributed by atoms with E-state index in [0.717, 1.165) is 5.56 Å². The minimum atomic E-state index is -0.650. The van der Waals surface area contributed by atoms with Crippen molar-refractivity contribution in [3.05, 3.63) is 76.7 Å². The van der Waals surface area contributed by atoms with Crippen molar-refractivity contribution in [2.24, 2.45) is 0 Å². The van der Waals surface area contributed by atoms with Crippen LogP contribution >= 0.6 is 0 Å². The molecule has 0 aromatic heterocycles. The van der Waals surface area contributed by atoms with Crippen LogP contribution in [0.4, 0.5) is 9.18 Å². The Morgan fingerprint density at radius 3 is 2.66 bits per heavy atom. The fraction of sp³-hybridized carbons (Fsp3) is 0.273. The number of halogens is 1. The Hall–Kier alpha value is -3.35. The minimum absolute atomic E-state index is 0.266. The van der Waals surface area contributed by atoms with Crippen molar-refractivity contribution in [1.82, 2.24) is 10.6 Å². The molecule has 152 valence electrons. The fourth-order valence-corrected chi connectivity index (χ4v) is 3.02. The topological polar surface area (TPSA) is 76.7 Å². The molecule has 3 rings (SSSR count). The summed E-state index contributed by atoms with van der Waals surface area (Å²) in [4.78, 5) is 24.5. The highest BCUT2D eigenvalue weighted by molar-refractivity contribution is 5.95. The lowest BCUT2D eigenvalue weighted by atomic mass is 9.95. The first-order valence-corrected chi connectivity index (χ1v) is 9.40. The Morgan fingerprint density at radius 1 is 1.17 bits per heavy atom. The van der Waals surface area contributed by atoms with Crippen LogP contribution in [-0.2, 0) is 16.1 Å². The van der Waals surface area contributed by atoms with Gasteiger partial charge < -0.3 is 20.1 Å². The summed E-state index contributed by atoms with van der Waals surface area (Å²) in [7, 11) is 0. The van der Waals surface area contributed by atoms with Crippen molar-refractivity contribution in [1.29, 1.82) is 0 Å². The third-order valence-electron chi connectivity index (χ3n) is 4.44. The van der Waals surface area contributed by atoms with Crippen LogP contribution in [0.15, 0.2) is 59.8 Å². The Kier molecular flexibility index (Phi) is 6.49. The molecule has 0 bridgehead atoms. The monoisotopic (exact) mass is 398 g/mol. The van der Waals surface area contributed by atoms with Crippen LogP contribution in [0.5, 0.6) is 5.75 Å². The van der Waals surface area contributed by atoms with Crippen molar-refractivity contribution in [3.8, 4) is 5.75 Å². The molecule has 6 nitrogen and oxygen atoms in total. The Morgan fingerprint density at radius 2 is 1.93 bits per heavy atom. The molecule has 1 aliphatic rings. The van der Waals surface area contributed by atoms with E-state index in [-0.39, 0.29) is 12.4 Å². The Balaban J connectivity index is 1.81. The SMILES string of the molecule is CCCOC(=O)C1=C(C)NC(=O)NC1c1cccc(OCc2ccc(F)cc2)c1. The van der Waals surface area contributed by atoms with Gasteiger partial charge in [0.2, 0.25) is 0 Å². The number of nitrogens with one attached hydrogen (secondary N) is 2. The van der Waals surface area contributed by atoms with Crippen molar-refractivity contribution in [3.63, 3.8) is 0 Å². The molecule has 1 atom stereocenters. The minimum Gasteiger partial charge on any atom is -0.489 e. The Bertz CT molecular complexity index is 925. The maximum atomic E-state index is 13.0. The van der Waals surface area contributed by atoms with Crippen LogP contribution in [0.1, 0.15) is 37.4 Å². The third kappa shape index (κ3) is 5.13. The molecule has 1 aliphatic heterocycles. The summed E-state index contributed by atoms with van der Waals surface area (Å²) < 4.78 is 24.1. The first kappa shape index (κ1) is 20.4. The third-order valence-corrected chi connectivity index (χ3v) is 4.44. The van der Waals surface area contributed by atoms with E-state index in [2.05, 4.69) is 10.6 Å². The van der Waals surface area contributed by atoms with E-state index in [1.807, 2.05) is 6.92 Å². The molecular formula is C22H23FN2O4. The van der Waals surface area contributed by atoms with E-state index in [0.29, 0.717) is 35.6 Å². The van der Waals surface area contributed by atoms with Crippen LogP contribution in [0, 0.1) is 5.82 Å². The lowest BCUT2D eigenvalue weighted by Crippen LogP contribution is -2.45. The Labute approximate surface area is 168 Å². The number of esters is 1. The van der Waals surface area contributed by atoms with Crippen molar-refractivity contribution in [2.45, 2.75) is 32.9 Å². The molecule has 0 radical (unpaired) electrons. The van der Waals surface area contributed by atoms with Crippen molar-refractivity contribution < 1.29 is 23.5 Å². The van der Waals surface area contributed by atoms with Gasteiger partial charge in [-0.15, -0.1) is 0 Å². The molecule has 0 fully saturated rings. The molecule has 7 heteroatoms. The number of amides is 2. The van der Waals surface area contributed by atoms with Crippen LogP contribution in [-0.4, -0.2) is 18.6 Å². The standard InChI is InChI=1S/C22H23FN2O4/c1-3-11-28-21(26)19-14(2)24-22(27)25-20(19)16-5-4-6-18(12-16)29-13-15-7-9-17(23)10-8-15/h4-10,12,20H,3,11,13H2,1-2H3,(H2,24,25,27). The zero-order chi connectivity index (χ0) is 20.8. The molecule has 0 saturated heterocycles.